The van der Waals surface area contributed by atoms with Crippen molar-refractivity contribution < 1.29 is 14.3 Å². The van der Waals surface area contributed by atoms with E-state index >= 15 is 0 Å². The number of epoxide rings is 2. The Balaban J connectivity index is 1.50. The number of hydrogen-bond acceptors (Lipinski definition) is 3. The van der Waals surface area contributed by atoms with Gasteiger partial charge in [-0.2, -0.15) is 0 Å². The summed E-state index contributed by atoms with van der Waals surface area (Å²) in [5.41, 5.74) is 0. The number of urea groups is 1. The number of nitrogens with zero attached hydrogens (tertiary/aromatic N) is 2. The van der Waals surface area contributed by atoms with Crippen LogP contribution in [-0.4, -0.2) is 43.9 Å². The van der Waals surface area contributed by atoms with Gasteiger partial charge in [0.05, 0.1) is 25.4 Å². The molecule has 2 unspecified atom stereocenters. The lowest BCUT2D eigenvalue weighted by Crippen LogP contribution is -1.91. The van der Waals surface area contributed by atoms with E-state index in [1.165, 1.54) is 0 Å². The van der Waals surface area contributed by atoms with Crippen LogP contribution in [0.15, 0.2) is 9.98 Å². The largest absolute Gasteiger partial charge is 0.373 e. The molecular formula is C11H16N2O3. The second-order valence-electron chi connectivity index (χ2n) is 3.97. The summed E-state index contributed by atoms with van der Waals surface area (Å²) in [7, 11) is 0. The molecule has 2 heterocycles. The molecule has 16 heavy (non-hydrogen) atoms. The van der Waals surface area contributed by atoms with Gasteiger partial charge in [0.2, 0.25) is 0 Å². The van der Waals surface area contributed by atoms with Crippen LogP contribution in [0.4, 0.5) is 4.79 Å². The van der Waals surface area contributed by atoms with E-state index in [1.807, 2.05) is 0 Å². The molecular weight excluding hydrogens is 208 g/mol. The van der Waals surface area contributed by atoms with Crippen LogP contribution in [0, 0.1) is 0 Å². The molecule has 2 saturated heterocycles. The topological polar surface area (TPSA) is 66.8 Å². The lowest BCUT2D eigenvalue weighted by atomic mass is 10.3. The molecule has 0 aromatic rings. The van der Waals surface area contributed by atoms with Gasteiger partial charge >= 0.3 is 6.03 Å². The Morgan fingerprint density at radius 2 is 1.50 bits per heavy atom. The van der Waals surface area contributed by atoms with Gasteiger partial charge in [-0.25, -0.2) is 14.8 Å². The minimum atomic E-state index is -0.423. The molecule has 0 aromatic heterocycles. The molecule has 2 fully saturated rings. The van der Waals surface area contributed by atoms with Crippen molar-refractivity contribution in [2.75, 3.05) is 13.2 Å². The highest BCUT2D eigenvalue weighted by Crippen LogP contribution is 2.14. The molecule has 5 nitrogen and oxygen atoms in total. The van der Waals surface area contributed by atoms with Crippen molar-refractivity contribution in [3.05, 3.63) is 0 Å². The van der Waals surface area contributed by atoms with Gasteiger partial charge in [-0.1, -0.05) is 0 Å². The normalized spacial score (nSPS) is 27.8. The summed E-state index contributed by atoms with van der Waals surface area (Å²) >= 11 is 0. The van der Waals surface area contributed by atoms with Crippen LogP contribution in [0.1, 0.15) is 25.7 Å². The standard InChI is InChI=1S/C11H16N2O3/c14-11(12-5-1-3-9-7-15-9)13-6-2-4-10-8-16-10/h5-6,9-10H,1-4,7-8H2. The van der Waals surface area contributed by atoms with Gasteiger partial charge in [0.15, 0.2) is 0 Å². The van der Waals surface area contributed by atoms with Gasteiger partial charge in [0.1, 0.15) is 0 Å². The Bertz CT molecular complexity index is 266. The Morgan fingerprint density at radius 1 is 1.06 bits per heavy atom. The number of rotatable bonds is 6. The number of amides is 2. The number of ether oxygens (including phenoxy) is 2. The lowest BCUT2D eigenvalue weighted by molar-refractivity contribution is 0.257. The number of hydrogen-bond donors (Lipinski definition) is 0. The van der Waals surface area contributed by atoms with Crippen LogP contribution in [0.25, 0.3) is 0 Å². The van der Waals surface area contributed by atoms with Crippen LogP contribution < -0.4 is 0 Å². The van der Waals surface area contributed by atoms with Gasteiger partial charge in [0, 0.05) is 12.4 Å². The Labute approximate surface area is 94.6 Å². The van der Waals surface area contributed by atoms with E-state index in [9.17, 15) is 4.79 Å². The third-order valence-electron chi connectivity index (χ3n) is 2.44. The van der Waals surface area contributed by atoms with Crippen LogP contribution in [-0.2, 0) is 9.47 Å². The van der Waals surface area contributed by atoms with Crippen LogP contribution in [0.5, 0.6) is 0 Å². The van der Waals surface area contributed by atoms with E-state index in [4.69, 9.17) is 9.47 Å². The highest BCUT2D eigenvalue weighted by Gasteiger charge is 2.21. The maximum Gasteiger partial charge on any atom is 0.366 e. The highest BCUT2D eigenvalue weighted by molar-refractivity contribution is 5.89. The van der Waals surface area contributed by atoms with Crippen molar-refractivity contribution in [2.24, 2.45) is 9.98 Å². The van der Waals surface area contributed by atoms with E-state index in [0.717, 1.165) is 38.9 Å². The molecule has 0 spiro atoms. The molecule has 0 aromatic carbocycles. The van der Waals surface area contributed by atoms with Crippen molar-refractivity contribution in [1.82, 2.24) is 0 Å². The second-order valence-corrected chi connectivity index (χ2v) is 3.97. The van der Waals surface area contributed by atoms with Gasteiger partial charge in [-0.3, -0.25) is 0 Å². The molecule has 0 radical (unpaired) electrons. The summed E-state index contributed by atoms with van der Waals surface area (Å²) in [6, 6.07) is -0.423. The monoisotopic (exact) mass is 224 g/mol. The zero-order chi connectivity index (χ0) is 11.2. The van der Waals surface area contributed by atoms with Crippen molar-refractivity contribution in [3.63, 3.8) is 0 Å². The fourth-order valence-corrected chi connectivity index (χ4v) is 1.31. The van der Waals surface area contributed by atoms with E-state index in [-0.39, 0.29) is 0 Å². The van der Waals surface area contributed by atoms with E-state index in [1.54, 1.807) is 12.4 Å². The smallest absolute Gasteiger partial charge is 0.366 e. The third-order valence-corrected chi connectivity index (χ3v) is 2.44. The SMILES string of the molecule is O=C(N=CCCC1CO1)N=CCCC1CO1. The molecule has 2 rings (SSSR count). The van der Waals surface area contributed by atoms with E-state index in [2.05, 4.69) is 9.98 Å². The molecule has 2 atom stereocenters. The maximum absolute atomic E-state index is 11.1. The first kappa shape index (κ1) is 11.4. The maximum atomic E-state index is 11.1. The Kier molecular flexibility index (Phi) is 4.18. The fraction of sp³-hybridized carbons (Fsp3) is 0.727. The van der Waals surface area contributed by atoms with Crippen molar-refractivity contribution >= 4 is 18.5 Å². The van der Waals surface area contributed by atoms with Crippen molar-refractivity contribution in [3.8, 4) is 0 Å². The zero-order valence-corrected chi connectivity index (χ0v) is 9.17. The zero-order valence-electron chi connectivity index (χ0n) is 9.17. The third kappa shape index (κ3) is 5.14. The summed E-state index contributed by atoms with van der Waals surface area (Å²) in [5, 5.41) is 0. The highest BCUT2D eigenvalue weighted by atomic mass is 16.6. The lowest BCUT2D eigenvalue weighted by Gasteiger charge is -1.88. The fourth-order valence-electron chi connectivity index (χ4n) is 1.31. The van der Waals surface area contributed by atoms with Crippen molar-refractivity contribution in [1.29, 1.82) is 0 Å². The molecule has 2 aliphatic rings. The average Bonchev–Trinajstić information content (AvgIpc) is 3.14. The minimum absolute atomic E-state index is 0.392. The molecule has 0 N–H and O–H groups in total. The van der Waals surface area contributed by atoms with Crippen LogP contribution in [0.2, 0.25) is 0 Å². The van der Waals surface area contributed by atoms with Crippen LogP contribution >= 0.6 is 0 Å². The van der Waals surface area contributed by atoms with Gasteiger partial charge in [-0.15, -0.1) is 0 Å². The summed E-state index contributed by atoms with van der Waals surface area (Å²) in [6.07, 6.45) is 7.46. The van der Waals surface area contributed by atoms with Crippen molar-refractivity contribution in [2.45, 2.75) is 37.9 Å². The van der Waals surface area contributed by atoms with Gasteiger partial charge < -0.3 is 9.47 Å². The van der Waals surface area contributed by atoms with Crippen LogP contribution in [0.3, 0.4) is 0 Å². The summed E-state index contributed by atoms with van der Waals surface area (Å²) in [4.78, 5) is 18.5. The number of carbonyl (C=O) groups excluding carboxylic acids is 1. The molecule has 2 amide bonds. The predicted octanol–water partition coefficient (Wildman–Crippen LogP) is 1.61. The summed E-state index contributed by atoms with van der Waals surface area (Å²) in [6.45, 7) is 1.70. The molecule has 2 aliphatic heterocycles. The first-order valence-electron chi connectivity index (χ1n) is 5.67. The van der Waals surface area contributed by atoms with Gasteiger partial charge in [0.25, 0.3) is 0 Å². The quantitative estimate of drug-likeness (QED) is 0.508. The molecule has 0 aliphatic carbocycles. The minimum Gasteiger partial charge on any atom is -0.373 e. The molecule has 0 saturated carbocycles. The van der Waals surface area contributed by atoms with Gasteiger partial charge in [-0.05, 0) is 25.7 Å². The predicted molar refractivity (Wildman–Crippen MR) is 60.3 cm³/mol. The molecule has 0 bridgehead atoms. The van der Waals surface area contributed by atoms with E-state index < -0.39 is 6.03 Å². The molecule has 88 valence electrons. The Morgan fingerprint density at radius 3 is 1.88 bits per heavy atom. The summed E-state index contributed by atoms with van der Waals surface area (Å²) in [5.74, 6) is 0. The second kappa shape index (κ2) is 5.86. The summed E-state index contributed by atoms with van der Waals surface area (Å²) < 4.78 is 10.1. The van der Waals surface area contributed by atoms with E-state index in [0.29, 0.717) is 12.2 Å². The Hall–Kier alpha value is -1.07. The number of carbonyl (C=O) groups is 1. The first-order chi connectivity index (χ1) is 7.84. The average molecular weight is 224 g/mol. The number of aliphatic imine (C=N–C) groups is 2. The molecule has 5 heteroatoms. The first-order valence-corrected chi connectivity index (χ1v) is 5.67.